The van der Waals surface area contributed by atoms with Crippen molar-refractivity contribution in [1.82, 2.24) is 14.7 Å². The highest BCUT2D eigenvalue weighted by Gasteiger charge is 2.41. The SMILES string of the molecule is C=CC(=O)N1CCC(n2ncc(NC(=O)OC(C)(C)C)c2C(F)(F)F)CC1. The molecule has 1 aliphatic rings. The van der Waals surface area contributed by atoms with Crippen LogP contribution in [0.1, 0.15) is 45.3 Å². The topological polar surface area (TPSA) is 76.5 Å². The number of alkyl halides is 3. The van der Waals surface area contributed by atoms with Crippen molar-refractivity contribution in [3.63, 3.8) is 0 Å². The van der Waals surface area contributed by atoms with Gasteiger partial charge in [0.25, 0.3) is 0 Å². The van der Waals surface area contributed by atoms with Gasteiger partial charge in [-0.15, -0.1) is 0 Å². The van der Waals surface area contributed by atoms with E-state index in [1.165, 1.54) is 11.0 Å². The lowest BCUT2D eigenvalue weighted by molar-refractivity contribution is -0.145. The van der Waals surface area contributed by atoms with Crippen LogP contribution in [0.4, 0.5) is 23.7 Å². The van der Waals surface area contributed by atoms with Crippen molar-refractivity contribution in [2.45, 2.75) is 51.4 Å². The van der Waals surface area contributed by atoms with Crippen molar-refractivity contribution < 1.29 is 27.5 Å². The summed E-state index contributed by atoms with van der Waals surface area (Å²) in [7, 11) is 0. The van der Waals surface area contributed by atoms with Gasteiger partial charge in [-0.1, -0.05) is 6.58 Å². The molecule has 2 amide bonds. The zero-order valence-corrected chi connectivity index (χ0v) is 15.5. The van der Waals surface area contributed by atoms with Crippen LogP contribution in [0.25, 0.3) is 0 Å². The Morgan fingerprint density at radius 3 is 2.37 bits per heavy atom. The summed E-state index contributed by atoms with van der Waals surface area (Å²) in [6.07, 6.45) is -2.92. The van der Waals surface area contributed by atoms with Crippen LogP contribution in [0.15, 0.2) is 18.9 Å². The van der Waals surface area contributed by atoms with Gasteiger partial charge in [-0.25, -0.2) is 4.79 Å². The van der Waals surface area contributed by atoms with Crippen LogP contribution in [-0.4, -0.2) is 45.4 Å². The fourth-order valence-corrected chi connectivity index (χ4v) is 2.89. The van der Waals surface area contributed by atoms with Crippen LogP contribution < -0.4 is 5.32 Å². The molecule has 0 saturated carbocycles. The molecule has 1 aliphatic heterocycles. The molecule has 0 bridgehead atoms. The van der Waals surface area contributed by atoms with E-state index in [1.807, 2.05) is 0 Å². The van der Waals surface area contributed by atoms with Crippen LogP contribution in [0, 0.1) is 0 Å². The summed E-state index contributed by atoms with van der Waals surface area (Å²) >= 11 is 0. The number of rotatable bonds is 3. The Kier molecular flexibility index (Phi) is 5.86. The molecule has 1 aromatic rings. The summed E-state index contributed by atoms with van der Waals surface area (Å²) in [5.74, 6) is -0.253. The first kappa shape index (κ1) is 20.8. The van der Waals surface area contributed by atoms with E-state index in [9.17, 15) is 22.8 Å². The van der Waals surface area contributed by atoms with Gasteiger partial charge < -0.3 is 9.64 Å². The fourth-order valence-electron chi connectivity index (χ4n) is 2.89. The molecule has 7 nitrogen and oxygen atoms in total. The Labute approximate surface area is 155 Å². The molecule has 0 aliphatic carbocycles. The molecular weight excluding hydrogens is 365 g/mol. The maximum Gasteiger partial charge on any atom is 0.435 e. The summed E-state index contributed by atoms with van der Waals surface area (Å²) < 4.78 is 46.7. The summed E-state index contributed by atoms with van der Waals surface area (Å²) in [5.41, 5.74) is -2.34. The zero-order valence-electron chi connectivity index (χ0n) is 15.5. The van der Waals surface area contributed by atoms with Crippen LogP contribution in [-0.2, 0) is 15.7 Å². The predicted octanol–water partition coefficient (Wildman–Crippen LogP) is 3.60. The quantitative estimate of drug-likeness (QED) is 0.803. The number of aromatic nitrogens is 2. The lowest BCUT2D eigenvalue weighted by Gasteiger charge is -2.32. The van der Waals surface area contributed by atoms with E-state index in [0.717, 1.165) is 10.9 Å². The Morgan fingerprint density at radius 2 is 1.89 bits per heavy atom. The smallest absolute Gasteiger partial charge is 0.435 e. The van der Waals surface area contributed by atoms with E-state index in [-0.39, 0.29) is 5.91 Å². The van der Waals surface area contributed by atoms with Gasteiger partial charge in [-0.05, 0) is 39.7 Å². The Hall–Kier alpha value is -2.52. The highest BCUT2D eigenvalue weighted by molar-refractivity contribution is 5.87. The van der Waals surface area contributed by atoms with Gasteiger partial charge in [-0.2, -0.15) is 18.3 Å². The number of carbonyl (C=O) groups is 2. The van der Waals surface area contributed by atoms with Crippen LogP contribution in [0.3, 0.4) is 0 Å². The van der Waals surface area contributed by atoms with Gasteiger partial charge in [0.05, 0.1) is 17.9 Å². The number of piperidine rings is 1. The maximum absolute atomic E-state index is 13.6. The summed E-state index contributed by atoms with van der Waals surface area (Å²) in [6, 6.07) is -0.537. The van der Waals surface area contributed by atoms with Gasteiger partial charge in [0.1, 0.15) is 5.60 Å². The number of hydrogen-bond donors (Lipinski definition) is 1. The third kappa shape index (κ3) is 5.24. The van der Waals surface area contributed by atoms with Gasteiger partial charge >= 0.3 is 12.3 Å². The Balaban J connectivity index is 2.21. The van der Waals surface area contributed by atoms with E-state index in [0.29, 0.717) is 25.9 Å². The van der Waals surface area contributed by atoms with Gasteiger partial charge in [-0.3, -0.25) is 14.8 Å². The van der Waals surface area contributed by atoms with Crippen molar-refractivity contribution >= 4 is 17.7 Å². The van der Waals surface area contributed by atoms with E-state index >= 15 is 0 Å². The Morgan fingerprint density at radius 1 is 1.30 bits per heavy atom. The van der Waals surface area contributed by atoms with Crippen LogP contribution >= 0.6 is 0 Å². The lowest BCUT2D eigenvalue weighted by atomic mass is 10.0. The largest absolute Gasteiger partial charge is 0.444 e. The van der Waals surface area contributed by atoms with E-state index in [1.54, 1.807) is 20.8 Å². The number of likely N-dealkylation sites (tertiary alicyclic amines) is 1. The molecule has 1 saturated heterocycles. The molecular formula is C17H23F3N4O3. The number of amides is 2. The van der Waals surface area contributed by atoms with Gasteiger partial charge in [0.15, 0.2) is 5.69 Å². The molecule has 0 unspecified atom stereocenters. The second kappa shape index (κ2) is 7.61. The number of anilines is 1. The molecule has 150 valence electrons. The molecule has 0 atom stereocenters. The second-order valence-electron chi connectivity index (χ2n) is 7.24. The normalized spacial score (nSPS) is 16.1. The molecule has 27 heavy (non-hydrogen) atoms. The average molecular weight is 388 g/mol. The molecule has 1 fully saturated rings. The third-order valence-electron chi connectivity index (χ3n) is 4.00. The number of ether oxygens (including phenoxy) is 1. The zero-order chi connectivity index (χ0) is 20.4. The summed E-state index contributed by atoms with van der Waals surface area (Å²) in [4.78, 5) is 25.0. The van der Waals surface area contributed by atoms with Crippen LogP contribution in [0.2, 0.25) is 0 Å². The first-order valence-corrected chi connectivity index (χ1v) is 8.48. The highest BCUT2D eigenvalue weighted by Crippen LogP contribution is 2.38. The molecule has 0 spiro atoms. The van der Waals surface area contributed by atoms with Crippen molar-refractivity contribution in [3.05, 3.63) is 24.5 Å². The number of carbonyl (C=O) groups excluding carboxylic acids is 2. The monoisotopic (exact) mass is 388 g/mol. The minimum Gasteiger partial charge on any atom is -0.444 e. The molecule has 2 heterocycles. The predicted molar refractivity (Wildman–Crippen MR) is 92.1 cm³/mol. The number of nitrogens with one attached hydrogen (secondary N) is 1. The molecule has 0 aromatic carbocycles. The first-order valence-electron chi connectivity index (χ1n) is 8.48. The van der Waals surface area contributed by atoms with Gasteiger partial charge in [0, 0.05) is 13.1 Å². The fraction of sp³-hybridized carbons (Fsp3) is 0.588. The van der Waals surface area contributed by atoms with Crippen molar-refractivity contribution in [2.24, 2.45) is 0 Å². The molecule has 2 rings (SSSR count). The molecule has 10 heteroatoms. The van der Waals surface area contributed by atoms with E-state index < -0.39 is 35.3 Å². The molecule has 1 aromatic heterocycles. The van der Waals surface area contributed by atoms with Crippen LogP contribution in [0.5, 0.6) is 0 Å². The minimum absolute atomic E-state index is 0.253. The van der Waals surface area contributed by atoms with E-state index in [4.69, 9.17) is 4.74 Å². The lowest BCUT2D eigenvalue weighted by Crippen LogP contribution is -2.39. The summed E-state index contributed by atoms with van der Waals surface area (Å²) in [6.45, 7) is 8.85. The van der Waals surface area contributed by atoms with E-state index in [2.05, 4.69) is 17.0 Å². The number of halogens is 3. The number of nitrogens with zero attached hydrogens (tertiary/aromatic N) is 3. The van der Waals surface area contributed by atoms with Crippen molar-refractivity contribution in [2.75, 3.05) is 18.4 Å². The third-order valence-corrected chi connectivity index (χ3v) is 4.00. The molecule has 0 radical (unpaired) electrons. The number of hydrogen-bond acceptors (Lipinski definition) is 4. The second-order valence-corrected chi connectivity index (χ2v) is 7.24. The van der Waals surface area contributed by atoms with Crippen molar-refractivity contribution in [1.29, 1.82) is 0 Å². The Bertz CT molecular complexity index is 714. The maximum atomic E-state index is 13.6. The van der Waals surface area contributed by atoms with Gasteiger partial charge in [0.2, 0.25) is 5.91 Å². The standard InChI is InChI=1S/C17H23F3N4O3/c1-5-13(25)23-8-6-11(7-9-23)24-14(17(18,19)20)12(10-21-24)22-15(26)27-16(2,3)4/h5,10-11H,1,6-9H2,2-4H3,(H,22,26). The van der Waals surface area contributed by atoms with Crippen molar-refractivity contribution in [3.8, 4) is 0 Å². The highest BCUT2D eigenvalue weighted by atomic mass is 19.4. The first-order chi connectivity index (χ1) is 12.4. The molecule has 1 N–H and O–H groups in total. The summed E-state index contributed by atoms with van der Waals surface area (Å²) in [5, 5.41) is 5.98. The minimum atomic E-state index is -4.71. The average Bonchev–Trinajstić information content (AvgIpc) is 2.96.